The molecule has 1 amide bonds. The summed E-state index contributed by atoms with van der Waals surface area (Å²) in [7, 11) is 0. The second-order valence-corrected chi connectivity index (χ2v) is 5.13. The number of benzene rings is 1. The maximum atomic E-state index is 12.4. The number of nitrogens with zero attached hydrogens (tertiary/aromatic N) is 1. The molecule has 0 bridgehead atoms. The number of hydrogen-bond donors (Lipinski definition) is 1. The Morgan fingerprint density at radius 3 is 2.75 bits per heavy atom. The number of amides is 1. The van der Waals surface area contributed by atoms with Crippen LogP contribution in [-0.2, 0) is 0 Å². The molecule has 106 valence electrons. The molecule has 0 aromatic heterocycles. The summed E-state index contributed by atoms with van der Waals surface area (Å²) >= 11 is 0. The molecule has 1 N–H and O–H groups in total. The molecule has 1 fully saturated rings. The van der Waals surface area contributed by atoms with Gasteiger partial charge in [0.15, 0.2) is 0 Å². The van der Waals surface area contributed by atoms with Gasteiger partial charge in [-0.25, -0.2) is 0 Å². The van der Waals surface area contributed by atoms with E-state index < -0.39 is 0 Å². The van der Waals surface area contributed by atoms with Crippen molar-refractivity contribution in [1.82, 2.24) is 4.90 Å². The van der Waals surface area contributed by atoms with Crippen LogP contribution in [0, 0.1) is 18.8 Å². The molecule has 1 aromatic rings. The topological polar surface area (TPSA) is 40.5 Å². The van der Waals surface area contributed by atoms with Crippen LogP contribution >= 0.6 is 0 Å². The first-order valence-electron chi connectivity index (χ1n) is 7.18. The number of aryl methyl sites for hydroxylation is 1. The number of aliphatic hydroxyl groups is 1. The third-order valence-corrected chi connectivity index (χ3v) is 3.52. The molecule has 1 saturated carbocycles. The molecule has 0 saturated heterocycles. The van der Waals surface area contributed by atoms with Crippen molar-refractivity contribution in [3.05, 3.63) is 34.9 Å². The molecule has 1 aliphatic carbocycles. The lowest BCUT2D eigenvalue weighted by Crippen LogP contribution is -2.32. The van der Waals surface area contributed by atoms with E-state index in [0.717, 1.165) is 36.1 Å². The van der Waals surface area contributed by atoms with Crippen LogP contribution in [-0.4, -0.2) is 35.1 Å². The van der Waals surface area contributed by atoms with Crippen LogP contribution in [0.1, 0.15) is 47.7 Å². The largest absolute Gasteiger partial charge is 0.395 e. The maximum Gasteiger partial charge on any atom is 0.254 e. The van der Waals surface area contributed by atoms with E-state index in [4.69, 9.17) is 5.11 Å². The van der Waals surface area contributed by atoms with Gasteiger partial charge in [-0.3, -0.25) is 4.79 Å². The molecule has 1 aliphatic rings. The van der Waals surface area contributed by atoms with Crippen molar-refractivity contribution < 1.29 is 9.90 Å². The lowest BCUT2D eigenvalue weighted by atomic mass is 10.0. The minimum atomic E-state index is 0.0788. The van der Waals surface area contributed by atoms with E-state index in [1.54, 1.807) is 0 Å². The lowest BCUT2D eigenvalue weighted by molar-refractivity contribution is 0.0752. The zero-order valence-corrected chi connectivity index (χ0v) is 12.1. The number of hydrogen-bond acceptors (Lipinski definition) is 2. The first kappa shape index (κ1) is 14.6. The average molecular weight is 271 g/mol. The van der Waals surface area contributed by atoms with Gasteiger partial charge in [-0.15, -0.1) is 0 Å². The Balaban J connectivity index is 2.16. The monoisotopic (exact) mass is 271 g/mol. The number of rotatable bonds is 4. The SMILES string of the molecule is CCN(C(=O)c1ccc(C#CCCO)c(C)c1)C1CC1. The molecule has 3 nitrogen and oxygen atoms in total. The van der Waals surface area contributed by atoms with Gasteiger partial charge in [-0.2, -0.15) is 0 Å². The second-order valence-electron chi connectivity index (χ2n) is 5.13. The number of aliphatic hydroxyl groups excluding tert-OH is 1. The fraction of sp³-hybridized carbons (Fsp3) is 0.471. The molecule has 20 heavy (non-hydrogen) atoms. The summed E-state index contributed by atoms with van der Waals surface area (Å²) in [6.45, 7) is 4.83. The Hall–Kier alpha value is -1.79. The van der Waals surface area contributed by atoms with E-state index in [0.29, 0.717) is 12.5 Å². The van der Waals surface area contributed by atoms with E-state index in [9.17, 15) is 4.79 Å². The van der Waals surface area contributed by atoms with Gasteiger partial charge in [0.05, 0.1) is 6.61 Å². The summed E-state index contributed by atoms with van der Waals surface area (Å²) in [5.41, 5.74) is 2.67. The summed E-state index contributed by atoms with van der Waals surface area (Å²) in [6, 6.07) is 6.10. The van der Waals surface area contributed by atoms with Gasteiger partial charge in [-0.05, 0) is 50.5 Å². The molecule has 0 aliphatic heterocycles. The molecule has 0 spiro atoms. The highest BCUT2D eigenvalue weighted by Crippen LogP contribution is 2.28. The van der Waals surface area contributed by atoms with Crippen molar-refractivity contribution in [3.8, 4) is 11.8 Å². The van der Waals surface area contributed by atoms with Crippen LogP contribution in [0.4, 0.5) is 0 Å². The fourth-order valence-electron chi connectivity index (χ4n) is 2.27. The lowest BCUT2D eigenvalue weighted by Gasteiger charge is -2.20. The predicted molar refractivity (Wildman–Crippen MR) is 79.5 cm³/mol. The highest BCUT2D eigenvalue weighted by atomic mass is 16.2. The van der Waals surface area contributed by atoms with E-state index in [-0.39, 0.29) is 12.5 Å². The Bertz CT molecular complexity index is 550. The summed E-state index contributed by atoms with van der Waals surface area (Å²) in [5, 5.41) is 8.72. The van der Waals surface area contributed by atoms with Crippen LogP contribution in [0.5, 0.6) is 0 Å². The van der Waals surface area contributed by atoms with E-state index in [1.807, 2.05) is 36.9 Å². The fourth-order valence-corrected chi connectivity index (χ4v) is 2.27. The molecule has 2 rings (SSSR count). The zero-order chi connectivity index (χ0) is 14.5. The zero-order valence-electron chi connectivity index (χ0n) is 12.1. The minimum absolute atomic E-state index is 0.0788. The van der Waals surface area contributed by atoms with Gasteiger partial charge in [0.2, 0.25) is 0 Å². The highest BCUT2D eigenvalue weighted by molar-refractivity contribution is 5.95. The summed E-state index contributed by atoms with van der Waals surface area (Å²) in [5.74, 6) is 6.05. The third-order valence-electron chi connectivity index (χ3n) is 3.52. The predicted octanol–water partition coefficient (Wildman–Crippen LogP) is 2.35. The Labute approximate surface area is 120 Å². The molecule has 0 radical (unpaired) electrons. The molecule has 1 aromatic carbocycles. The van der Waals surface area contributed by atoms with Gasteiger partial charge in [0, 0.05) is 30.1 Å². The van der Waals surface area contributed by atoms with Crippen molar-refractivity contribution in [1.29, 1.82) is 0 Å². The van der Waals surface area contributed by atoms with Crippen molar-refractivity contribution in [3.63, 3.8) is 0 Å². The Kier molecular flexibility index (Phi) is 4.81. The molecular formula is C17H21NO2. The maximum absolute atomic E-state index is 12.4. The summed E-state index contributed by atoms with van der Waals surface area (Å²) in [6.07, 6.45) is 2.73. The van der Waals surface area contributed by atoms with Crippen LogP contribution in [0.3, 0.4) is 0 Å². The van der Waals surface area contributed by atoms with E-state index >= 15 is 0 Å². The highest BCUT2D eigenvalue weighted by Gasteiger charge is 2.31. The Morgan fingerprint density at radius 1 is 1.45 bits per heavy atom. The number of carbonyl (C=O) groups excluding carboxylic acids is 1. The van der Waals surface area contributed by atoms with Gasteiger partial charge in [0.25, 0.3) is 5.91 Å². The molecule has 0 heterocycles. The van der Waals surface area contributed by atoms with Gasteiger partial charge < -0.3 is 10.0 Å². The molecular weight excluding hydrogens is 250 g/mol. The van der Waals surface area contributed by atoms with Crippen molar-refractivity contribution in [2.75, 3.05) is 13.2 Å². The van der Waals surface area contributed by atoms with Crippen LogP contribution in [0.2, 0.25) is 0 Å². The van der Waals surface area contributed by atoms with Gasteiger partial charge in [-0.1, -0.05) is 11.8 Å². The number of carbonyl (C=O) groups is 1. The normalized spacial score (nSPS) is 13.6. The van der Waals surface area contributed by atoms with Crippen molar-refractivity contribution in [2.24, 2.45) is 0 Å². The van der Waals surface area contributed by atoms with E-state index in [1.165, 1.54) is 0 Å². The molecule has 3 heteroatoms. The average Bonchev–Trinajstić information content (AvgIpc) is 3.26. The van der Waals surface area contributed by atoms with Crippen LogP contribution < -0.4 is 0 Å². The first-order valence-corrected chi connectivity index (χ1v) is 7.18. The van der Waals surface area contributed by atoms with E-state index in [2.05, 4.69) is 11.8 Å². The quantitative estimate of drug-likeness (QED) is 0.854. The molecule has 0 unspecified atom stereocenters. The van der Waals surface area contributed by atoms with Crippen LogP contribution in [0.15, 0.2) is 18.2 Å². The third kappa shape index (κ3) is 3.40. The minimum Gasteiger partial charge on any atom is -0.395 e. The smallest absolute Gasteiger partial charge is 0.254 e. The first-order chi connectivity index (χ1) is 9.67. The van der Waals surface area contributed by atoms with Crippen molar-refractivity contribution >= 4 is 5.91 Å². The summed E-state index contributed by atoms with van der Waals surface area (Å²) < 4.78 is 0. The summed E-state index contributed by atoms with van der Waals surface area (Å²) in [4.78, 5) is 14.4. The Morgan fingerprint density at radius 2 is 2.20 bits per heavy atom. The van der Waals surface area contributed by atoms with Gasteiger partial charge in [0.1, 0.15) is 0 Å². The van der Waals surface area contributed by atoms with Crippen molar-refractivity contribution in [2.45, 2.75) is 39.2 Å². The second kappa shape index (κ2) is 6.58. The van der Waals surface area contributed by atoms with Gasteiger partial charge >= 0.3 is 0 Å². The standard InChI is InChI=1S/C17H21NO2/c1-3-18(16-9-10-16)17(20)15-8-7-14(13(2)12-15)6-4-5-11-19/h7-8,12,16,19H,3,5,9-11H2,1-2H3. The molecule has 0 atom stereocenters. The van der Waals surface area contributed by atoms with Crippen LogP contribution in [0.25, 0.3) is 0 Å².